The van der Waals surface area contributed by atoms with Gasteiger partial charge in [-0.05, 0) is 40.0 Å². The number of ether oxygens (including phenoxy) is 1. The molecular formula is C15H32N2O. The van der Waals surface area contributed by atoms with Crippen molar-refractivity contribution < 1.29 is 4.74 Å². The van der Waals surface area contributed by atoms with Crippen molar-refractivity contribution in [2.45, 2.75) is 59.0 Å². The Morgan fingerprint density at radius 2 is 1.83 bits per heavy atom. The van der Waals surface area contributed by atoms with E-state index in [2.05, 4.69) is 51.8 Å². The molecule has 1 N–H and O–H groups in total. The second-order valence-electron chi connectivity index (χ2n) is 7.27. The quantitative estimate of drug-likeness (QED) is 0.739. The highest BCUT2D eigenvalue weighted by molar-refractivity contribution is 4.97. The van der Waals surface area contributed by atoms with Gasteiger partial charge < -0.3 is 10.1 Å². The molecule has 0 amide bonds. The van der Waals surface area contributed by atoms with Gasteiger partial charge in [0.25, 0.3) is 0 Å². The van der Waals surface area contributed by atoms with Gasteiger partial charge in [0.2, 0.25) is 0 Å². The molecule has 3 nitrogen and oxygen atoms in total. The molecule has 1 fully saturated rings. The molecule has 0 aliphatic carbocycles. The van der Waals surface area contributed by atoms with E-state index >= 15 is 0 Å². The van der Waals surface area contributed by atoms with Crippen molar-refractivity contribution in [1.29, 1.82) is 0 Å². The Morgan fingerprint density at radius 3 is 2.44 bits per heavy atom. The van der Waals surface area contributed by atoms with Gasteiger partial charge in [0.1, 0.15) is 0 Å². The van der Waals surface area contributed by atoms with Crippen LogP contribution in [0.5, 0.6) is 0 Å². The summed E-state index contributed by atoms with van der Waals surface area (Å²) in [6.45, 7) is 18.6. The molecule has 0 atom stereocenters. The second kappa shape index (κ2) is 6.36. The average molecular weight is 256 g/mol. The van der Waals surface area contributed by atoms with Crippen LogP contribution in [0.3, 0.4) is 0 Å². The molecule has 0 saturated carbocycles. The van der Waals surface area contributed by atoms with Crippen LogP contribution in [0.2, 0.25) is 0 Å². The van der Waals surface area contributed by atoms with Gasteiger partial charge in [-0.25, -0.2) is 0 Å². The lowest BCUT2D eigenvalue weighted by atomic mass is 9.91. The first-order valence-electron chi connectivity index (χ1n) is 7.31. The van der Waals surface area contributed by atoms with Crippen LogP contribution < -0.4 is 5.32 Å². The number of hydrogen-bond acceptors (Lipinski definition) is 3. The van der Waals surface area contributed by atoms with E-state index in [0.717, 1.165) is 45.2 Å². The number of nitrogens with zero attached hydrogens (tertiary/aromatic N) is 1. The molecule has 0 unspecified atom stereocenters. The molecule has 0 bridgehead atoms. The predicted octanol–water partition coefficient (Wildman–Crippen LogP) is 2.51. The summed E-state index contributed by atoms with van der Waals surface area (Å²) < 4.78 is 5.75. The number of piperazine rings is 1. The van der Waals surface area contributed by atoms with Crippen LogP contribution in [0, 0.1) is 5.92 Å². The number of nitrogens with one attached hydrogen (secondary N) is 1. The fourth-order valence-electron chi connectivity index (χ4n) is 2.29. The highest BCUT2D eigenvalue weighted by atomic mass is 16.5. The van der Waals surface area contributed by atoms with Crippen LogP contribution in [0.1, 0.15) is 48.0 Å². The van der Waals surface area contributed by atoms with Gasteiger partial charge in [-0.3, -0.25) is 4.90 Å². The first kappa shape index (κ1) is 15.9. The van der Waals surface area contributed by atoms with E-state index in [1.54, 1.807) is 0 Å². The lowest BCUT2D eigenvalue weighted by Gasteiger charge is -2.49. The lowest BCUT2D eigenvalue weighted by Crippen LogP contribution is -2.66. The van der Waals surface area contributed by atoms with Crippen molar-refractivity contribution in [3.63, 3.8) is 0 Å². The smallest absolute Gasteiger partial charge is 0.0593 e. The van der Waals surface area contributed by atoms with E-state index in [-0.39, 0.29) is 11.1 Å². The Balaban J connectivity index is 2.30. The summed E-state index contributed by atoms with van der Waals surface area (Å²) >= 11 is 0. The highest BCUT2D eigenvalue weighted by Gasteiger charge is 2.36. The molecule has 18 heavy (non-hydrogen) atoms. The minimum Gasteiger partial charge on any atom is -0.380 e. The summed E-state index contributed by atoms with van der Waals surface area (Å²) in [5, 5.41) is 3.61. The van der Waals surface area contributed by atoms with Gasteiger partial charge in [-0.1, -0.05) is 13.8 Å². The summed E-state index contributed by atoms with van der Waals surface area (Å²) in [5.41, 5.74) is 0.449. The minimum absolute atomic E-state index is 0.216. The second-order valence-corrected chi connectivity index (χ2v) is 7.27. The molecule has 0 aromatic heterocycles. The Labute approximate surface area is 113 Å². The largest absolute Gasteiger partial charge is 0.380 e. The first-order valence-corrected chi connectivity index (χ1v) is 7.31. The maximum Gasteiger partial charge on any atom is 0.0593 e. The summed E-state index contributed by atoms with van der Waals surface area (Å²) in [4.78, 5) is 2.55. The fourth-order valence-corrected chi connectivity index (χ4v) is 2.29. The Kier molecular flexibility index (Phi) is 5.63. The van der Waals surface area contributed by atoms with Crippen LogP contribution in [0.25, 0.3) is 0 Å². The molecule has 108 valence electrons. The van der Waals surface area contributed by atoms with Gasteiger partial charge in [-0.15, -0.1) is 0 Å². The van der Waals surface area contributed by atoms with Crippen LogP contribution in [0.15, 0.2) is 0 Å². The van der Waals surface area contributed by atoms with Gasteiger partial charge in [-0.2, -0.15) is 0 Å². The van der Waals surface area contributed by atoms with Crippen molar-refractivity contribution in [3.05, 3.63) is 0 Å². The molecule has 0 spiro atoms. The molecule has 1 rings (SSSR count). The van der Waals surface area contributed by atoms with Gasteiger partial charge in [0, 0.05) is 37.3 Å². The zero-order valence-electron chi connectivity index (χ0n) is 13.2. The topological polar surface area (TPSA) is 24.5 Å². The fraction of sp³-hybridized carbons (Fsp3) is 1.00. The molecule has 0 aromatic carbocycles. The lowest BCUT2D eigenvalue weighted by molar-refractivity contribution is 0.00949. The Bertz CT molecular complexity index is 249. The standard InChI is InChI=1S/C15H32N2O/c1-13(2)7-9-18-10-8-17-12-14(3,4)16-11-15(17,5)6/h13,16H,7-12H2,1-6H3. The maximum atomic E-state index is 5.75. The first-order chi connectivity index (χ1) is 8.23. The molecule has 1 aliphatic rings. The monoisotopic (exact) mass is 256 g/mol. The van der Waals surface area contributed by atoms with E-state index in [9.17, 15) is 0 Å². The van der Waals surface area contributed by atoms with Crippen molar-refractivity contribution in [3.8, 4) is 0 Å². The van der Waals surface area contributed by atoms with Crippen molar-refractivity contribution in [1.82, 2.24) is 10.2 Å². The van der Waals surface area contributed by atoms with Crippen molar-refractivity contribution >= 4 is 0 Å². The summed E-state index contributed by atoms with van der Waals surface area (Å²) in [5.74, 6) is 0.736. The van der Waals surface area contributed by atoms with Crippen LogP contribution in [-0.2, 0) is 4.74 Å². The van der Waals surface area contributed by atoms with E-state index in [1.807, 2.05) is 0 Å². The van der Waals surface area contributed by atoms with Gasteiger partial charge in [0.15, 0.2) is 0 Å². The Morgan fingerprint density at radius 1 is 1.17 bits per heavy atom. The number of rotatable bonds is 6. The van der Waals surface area contributed by atoms with E-state index in [4.69, 9.17) is 4.74 Å². The maximum absolute atomic E-state index is 5.75. The van der Waals surface area contributed by atoms with Crippen LogP contribution in [-0.4, -0.2) is 48.8 Å². The molecule has 1 aliphatic heterocycles. The predicted molar refractivity (Wildman–Crippen MR) is 78.0 cm³/mol. The highest BCUT2D eigenvalue weighted by Crippen LogP contribution is 2.22. The molecule has 1 saturated heterocycles. The molecule has 0 radical (unpaired) electrons. The third kappa shape index (κ3) is 5.25. The van der Waals surface area contributed by atoms with E-state index in [0.29, 0.717) is 0 Å². The molecule has 3 heteroatoms. The third-order valence-electron chi connectivity index (χ3n) is 3.79. The van der Waals surface area contributed by atoms with Gasteiger partial charge >= 0.3 is 0 Å². The average Bonchev–Trinajstić information content (AvgIpc) is 2.23. The molecule has 0 aromatic rings. The molecule has 1 heterocycles. The zero-order chi connectivity index (χ0) is 13.8. The minimum atomic E-state index is 0.216. The third-order valence-corrected chi connectivity index (χ3v) is 3.79. The summed E-state index contributed by atoms with van der Waals surface area (Å²) in [6.07, 6.45) is 1.16. The number of hydrogen-bond donors (Lipinski definition) is 1. The zero-order valence-corrected chi connectivity index (χ0v) is 13.2. The van der Waals surface area contributed by atoms with Crippen LogP contribution >= 0.6 is 0 Å². The Hall–Kier alpha value is -0.120. The van der Waals surface area contributed by atoms with Crippen LogP contribution in [0.4, 0.5) is 0 Å². The van der Waals surface area contributed by atoms with E-state index < -0.39 is 0 Å². The van der Waals surface area contributed by atoms with Crippen molar-refractivity contribution in [2.24, 2.45) is 5.92 Å². The normalized spacial score (nSPS) is 23.5. The molecular weight excluding hydrogens is 224 g/mol. The SMILES string of the molecule is CC(C)CCOCCN1CC(C)(C)NCC1(C)C. The van der Waals surface area contributed by atoms with E-state index in [1.165, 1.54) is 0 Å². The van der Waals surface area contributed by atoms with Gasteiger partial charge in [0.05, 0.1) is 6.61 Å². The summed E-state index contributed by atoms with van der Waals surface area (Å²) in [7, 11) is 0. The summed E-state index contributed by atoms with van der Waals surface area (Å²) in [6, 6.07) is 0. The van der Waals surface area contributed by atoms with Crippen molar-refractivity contribution in [2.75, 3.05) is 32.8 Å².